The molecule has 0 fully saturated rings. The summed E-state index contributed by atoms with van der Waals surface area (Å²) in [6, 6.07) is 0. The highest BCUT2D eigenvalue weighted by Crippen LogP contribution is 2.02. The van der Waals surface area contributed by atoms with Crippen LogP contribution in [-0.4, -0.2) is 41.1 Å². The van der Waals surface area contributed by atoms with Gasteiger partial charge in [-0.1, -0.05) is 6.92 Å². The number of ether oxygens (including phenoxy) is 2. The molecule has 0 amide bonds. The van der Waals surface area contributed by atoms with Crippen molar-refractivity contribution < 1.29 is 14.3 Å². The summed E-state index contributed by atoms with van der Waals surface area (Å²) in [5.74, 6) is 0.487. The summed E-state index contributed by atoms with van der Waals surface area (Å²) in [6.45, 7) is 2.80. The second kappa shape index (κ2) is 6.34. The number of hydrogen-bond acceptors (Lipinski definition) is 5. The molecule has 0 spiro atoms. The molecule has 0 aromatic carbocycles. The van der Waals surface area contributed by atoms with E-state index in [1.54, 1.807) is 4.68 Å². The highest BCUT2D eigenvalue weighted by Gasteiger charge is 2.19. The van der Waals surface area contributed by atoms with Crippen LogP contribution in [0.2, 0.25) is 0 Å². The first kappa shape index (κ1) is 12.8. The number of Topliss-reactive ketones (excluding diaryl/α,β-unsaturated/α-hetero) is 1. The summed E-state index contributed by atoms with van der Waals surface area (Å²) >= 11 is 0. The molecule has 6 nitrogen and oxygen atoms in total. The molecule has 0 atom stereocenters. The standard InChI is InChI=1S/C10H17N3O3/c1-4-5-13-9(11-7-12-13)6-8(14)10(15-2)16-3/h7,10H,4-6H2,1-3H3. The van der Waals surface area contributed by atoms with E-state index in [9.17, 15) is 4.79 Å². The fourth-order valence-corrected chi connectivity index (χ4v) is 1.42. The number of rotatable bonds is 7. The predicted octanol–water partition coefficient (Wildman–Crippen LogP) is 0.419. The van der Waals surface area contributed by atoms with Gasteiger partial charge in [0.05, 0.1) is 6.42 Å². The summed E-state index contributed by atoms with van der Waals surface area (Å²) < 4.78 is 11.5. The van der Waals surface area contributed by atoms with Gasteiger partial charge in [0, 0.05) is 20.8 Å². The highest BCUT2D eigenvalue weighted by molar-refractivity contribution is 5.83. The maximum Gasteiger partial charge on any atom is 0.217 e. The topological polar surface area (TPSA) is 66.2 Å². The normalized spacial score (nSPS) is 11.0. The van der Waals surface area contributed by atoms with Gasteiger partial charge in [-0.2, -0.15) is 5.10 Å². The largest absolute Gasteiger partial charge is 0.349 e. The molecule has 0 aliphatic carbocycles. The zero-order valence-corrected chi connectivity index (χ0v) is 9.84. The molecule has 6 heteroatoms. The van der Waals surface area contributed by atoms with Gasteiger partial charge in [0.1, 0.15) is 12.2 Å². The Morgan fingerprint density at radius 3 is 2.75 bits per heavy atom. The van der Waals surface area contributed by atoms with Crippen molar-refractivity contribution in [1.29, 1.82) is 0 Å². The molecule has 1 aromatic rings. The fraction of sp³-hybridized carbons (Fsp3) is 0.700. The first-order valence-electron chi connectivity index (χ1n) is 5.17. The van der Waals surface area contributed by atoms with Crippen LogP contribution in [0.4, 0.5) is 0 Å². The monoisotopic (exact) mass is 227 g/mol. The molecule has 0 aliphatic rings. The van der Waals surface area contributed by atoms with E-state index in [2.05, 4.69) is 10.1 Å². The molecule has 0 unspecified atom stereocenters. The van der Waals surface area contributed by atoms with Crippen LogP contribution in [0.25, 0.3) is 0 Å². The van der Waals surface area contributed by atoms with Crippen LogP contribution < -0.4 is 0 Å². The third kappa shape index (κ3) is 3.11. The lowest BCUT2D eigenvalue weighted by Crippen LogP contribution is -2.27. The van der Waals surface area contributed by atoms with Crippen LogP contribution >= 0.6 is 0 Å². The maximum atomic E-state index is 11.7. The van der Waals surface area contributed by atoms with E-state index in [4.69, 9.17) is 9.47 Å². The van der Waals surface area contributed by atoms with E-state index in [1.165, 1.54) is 20.5 Å². The van der Waals surface area contributed by atoms with Crippen molar-refractivity contribution in [2.24, 2.45) is 0 Å². The zero-order chi connectivity index (χ0) is 12.0. The number of carbonyl (C=O) groups excluding carboxylic acids is 1. The van der Waals surface area contributed by atoms with E-state index in [0.29, 0.717) is 5.82 Å². The molecule has 0 bridgehead atoms. The quantitative estimate of drug-likeness (QED) is 0.631. The van der Waals surface area contributed by atoms with E-state index in [0.717, 1.165) is 13.0 Å². The zero-order valence-electron chi connectivity index (χ0n) is 9.84. The highest BCUT2D eigenvalue weighted by atomic mass is 16.7. The van der Waals surface area contributed by atoms with Gasteiger partial charge in [-0.3, -0.25) is 4.79 Å². The Kier molecular flexibility index (Phi) is 5.07. The van der Waals surface area contributed by atoms with Gasteiger partial charge < -0.3 is 9.47 Å². The number of ketones is 1. The van der Waals surface area contributed by atoms with Gasteiger partial charge in [-0.25, -0.2) is 9.67 Å². The molecule has 0 radical (unpaired) electrons. The number of carbonyl (C=O) groups is 1. The molecule has 90 valence electrons. The van der Waals surface area contributed by atoms with Crippen molar-refractivity contribution in [1.82, 2.24) is 14.8 Å². The fourth-order valence-electron chi connectivity index (χ4n) is 1.42. The second-order valence-corrected chi connectivity index (χ2v) is 3.35. The lowest BCUT2D eigenvalue weighted by molar-refractivity contribution is -0.156. The van der Waals surface area contributed by atoms with Crippen LogP contribution in [-0.2, 0) is 27.2 Å². The number of aryl methyl sites for hydroxylation is 1. The molecule has 0 N–H and O–H groups in total. The van der Waals surface area contributed by atoms with Gasteiger partial charge in [0.25, 0.3) is 0 Å². The molecular weight excluding hydrogens is 210 g/mol. The number of methoxy groups -OCH3 is 2. The first-order chi connectivity index (χ1) is 7.72. The lowest BCUT2D eigenvalue weighted by Gasteiger charge is -2.11. The summed E-state index contributed by atoms with van der Waals surface area (Å²) in [4.78, 5) is 15.7. The third-order valence-corrected chi connectivity index (χ3v) is 2.15. The van der Waals surface area contributed by atoms with E-state index >= 15 is 0 Å². The molecule has 0 saturated heterocycles. The maximum absolute atomic E-state index is 11.7. The molecule has 0 saturated carbocycles. The number of hydrogen-bond donors (Lipinski definition) is 0. The Morgan fingerprint density at radius 1 is 1.50 bits per heavy atom. The Balaban J connectivity index is 2.64. The van der Waals surface area contributed by atoms with Gasteiger partial charge in [0.2, 0.25) is 6.29 Å². The predicted molar refractivity (Wildman–Crippen MR) is 56.8 cm³/mol. The van der Waals surface area contributed by atoms with Gasteiger partial charge in [-0.05, 0) is 6.42 Å². The lowest BCUT2D eigenvalue weighted by atomic mass is 10.2. The summed E-state index contributed by atoms with van der Waals surface area (Å²) in [7, 11) is 2.87. The molecule has 1 aromatic heterocycles. The van der Waals surface area contributed by atoms with E-state index in [1.807, 2.05) is 6.92 Å². The average molecular weight is 227 g/mol. The molecule has 16 heavy (non-hydrogen) atoms. The van der Waals surface area contributed by atoms with Gasteiger partial charge >= 0.3 is 0 Å². The van der Waals surface area contributed by atoms with Crippen LogP contribution in [0, 0.1) is 0 Å². The van der Waals surface area contributed by atoms with Gasteiger partial charge in [-0.15, -0.1) is 0 Å². The van der Waals surface area contributed by atoms with Crippen molar-refractivity contribution in [3.63, 3.8) is 0 Å². The van der Waals surface area contributed by atoms with Gasteiger partial charge in [0.15, 0.2) is 5.78 Å². The van der Waals surface area contributed by atoms with Crippen LogP contribution in [0.1, 0.15) is 19.2 Å². The number of aromatic nitrogens is 3. The minimum absolute atomic E-state index is 0.157. The third-order valence-electron chi connectivity index (χ3n) is 2.15. The Hall–Kier alpha value is -1.27. The summed E-state index contributed by atoms with van der Waals surface area (Å²) in [5.41, 5.74) is 0. The van der Waals surface area contributed by atoms with Crippen molar-refractivity contribution in [3.8, 4) is 0 Å². The molecular formula is C10H17N3O3. The molecule has 1 rings (SSSR count). The van der Waals surface area contributed by atoms with E-state index < -0.39 is 6.29 Å². The average Bonchev–Trinajstić information content (AvgIpc) is 2.68. The first-order valence-corrected chi connectivity index (χ1v) is 5.17. The Labute approximate surface area is 94.6 Å². The smallest absolute Gasteiger partial charge is 0.217 e. The number of nitrogens with zero attached hydrogens (tertiary/aromatic N) is 3. The molecule has 1 heterocycles. The van der Waals surface area contributed by atoms with Crippen molar-refractivity contribution in [3.05, 3.63) is 12.2 Å². The SMILES string of the molecule is CCCn1ncnc1CC(=O)C(OC)OC. The summed E-state index contributed by atoms with van der Waals surface area (Å²) in [6.07, 6.45) is 1.74. The van der Waals surface area contributed by atoms with Crippen molar-refractivity contribution in [2.45, 2.75) is 32.6 Å². The van der Waals surface area contributed by atoms with Crippen LogP contribution in [0.5, 0.6) is 0 Å². The minimum Gasteiger partial charge on any atom is -0.349 e. The van der Waals surface area contributed by atoms with Crippen LogP contribution in [0.15, 0.2) is 6.33 Å². The summed E-state index contributed by atoms with van der Waals surface area (Å²) in [5, 5.41) is 4.04. The molecule has 0 aliphatic heterocycles. The Bertz CT molecular complexity index is 334. The minimum atomic E-state index is -0.827. The Morgan fingerprint density at radius 2 is 2.19 bits per heavy atom. The van der Waals surface area contributed by atoms with Crippen molar-refractivity contribution >= 4 is 5.78 Å². The van der Waals surface area contributed by atoms with Crippen LogP contribution in [0.3, 0.4) is 0 Å². The second-order valence-electron chi connectivity index (χ2n) is 3.35. The van der Waals surface area contributed by atoms with E-state index in [-0.39, 0.29) is 12.2 Å². The van der Waals surface area contributed by atoms with Crippen molar-refractivity contribution in [2.75, 3.05) is 14.2 Å².